The first-order chi connectivity index (χ1) is 15.7. The molecular weight excluding hydrogens is 426 g/mol. The molecule has 0 aliphatic carbocycles. The van der Waals surface area contributed by atoms with Gasteiger partial charge in [0.1, 0.15) is 0 Å². The molecule has 0 spiro atoms. The summed E-state index contributed by atoms with van der Waals surface area (Å²) in [7, 11) is 0. The van der Waals surface area contributed by atoms with Gasteiger partial charge in [-0.25, -0.2) is 0 Å². The predicted octanol–water partition coefficient (Wildman–Crippen LogP) is 3.27. The number of hydrogen-bond acceptors (Lipinski definition) is 7. The molecule has 2 fully saturated rings. The van der Waals surface area contributed by atoms with Gasteiger partial charge in [0.25, 0.3) is 5.91 Å². The molecule has 0 saturated carbocycles. The summed E-state index contributed by atoms with van der Waals surface area (Å²) in [5, 5.41) is 6.05. The average molecular weight is 452 g/mol. The van der Waals surface area contributed by atoms with E-state index in [0.29, 0.717) is 43.3 Å². The molecule has 2 aromatic heterocycles. The lowest BCUT2D eigenvalue weighted by molar-refractivity contribution is -0.119. The van der Waals surface area contributed by atoms with E-state index < -0.39 is 0 Å². The summed E-state index contributed by atoms with van der Waals surface area (Å²) in [6, 6.07) is 11.4. The van der Waals surface area contributed by atoms with Crippen molar-refractivity contribution < 1.29 is 14.1 Å². The molecule has 5 rings (SSSR count). The van der Waals surface area contributed by atoms with E-state index in [4.69, 9.17) is 4.52 Å². The van der Waals surface area contributed by atoms with Gasteiger partial charge in [-0.3, -0.25) is 14.5 Å². The Morgan fingerprint density at radius 1 is 1.03 bits per heavy atom. The van der Waals surface area contributed by atoms with Gasteiger partial charge in [-0.15, -0.1) is 11.3 Å². The van der Waals surface area contributed by atoms with Crippen molar-refractivity contribution in [1.82, 2.24) is 19.9 Å². The highest BCUT2D eigenvalue weighted by molar-refractivity contribution is 7.13. The molecule has 166 valence electrons. The van der Waals surface area contributed by atoms with E-state index >= 15 is 0 Å². The lowest BCUT2D eigenvalue weighted by Gasteiger charge is -2.34. The van der Waals surface area contributed by atoms with Gasteiger partial charge in [0.05, 0.1) is 11.4 Å². The number of amides is 2. The molecule has 2 amide bonds. The van der Waals surface area contributed by atoms with Crippen molar-refractivity contribution in [3.8, 4) is 10.7 Å². The molecule has 4 heterocycles. The zero-order valence-corrected chi connectivity index (χ0v) is 18.6. The first-order valence-corrected chi connectivity index (χ1v) is 11.8. The topological polar surface area (TPSA) is 82.8 Å². The summed E-state index contributed by atoms with van der Waals surface area (Å²) in [5.41, 5.74) is 1.53. The zero-order valence-electron chi connectivity index (χ0n) is 17.8. The van der Waals surface area contributed by atoms with Crippen LogP contribution in [0.3, 0.4) is 0 Å². The van der Waals surface area contributed by atoms with E-state index in [-0.39, 0.29) is 11.8 Å². The number of carbonyl (C=O) groups is 2. The van der Waals surface area contributed by atoms with Crippen LogP contribution >= 0.6 is 11.3 Å². The fraction of sp³-hybridized carbons (Fsp3) is 0.391. The summed E-state index contributed by atoms with van der Waals surface area (Å²) in [4.78, 5) is 36.4. The molecule has 8 nitrogen and oxygen atoms in total. The highest BCUT2D eigenvalue weighted by Gasteiger charge is 2.24. The molecular formula is C23H25N5O3S. The Hall–Kier alpha value is -3.04. The molecule has 1 aromatic carbocycles. The van der Waals surface area contributed by atoms with Crippen LogP contribution in [0.15, 0.2) is 46.3 Å². The Labute approximate surface area is 190 Å². The third kappa shape index (κ3) is 4.44. The second kappa shape index (κ2) is 9.22. The van der Waals surface area contributed by atoms with E-state index in [1.807, 2.05) is 51.6 Å². The lowest BCUT2D eigenvalue weighted by atomic mass is 10.1. The second-order valence-corrected chi connectivity index (χ2v) is 9.05. The standard InChI is InChI=1S/C23H25N5O3S/c29-21-5-1-2-10-28(21)18-8-6-17(7-9-18)23(30)27-13-11-26(12-14-27)16-20-24-22(25-31-20)19-4-3-15-32-19/h3-4,6-9,15H,1-2,5,10-14,16H2. The molecule has 9 heteroatoms. The second-order valence-electron chi connectivity index (χ2n) is 8.11. The van der Waals surface area contributed by atoms with Gasteiger partial charge in [0.15, 0.2) is 0 Å². The smallest absolute Gasteiger partial charge is 0.253 e. The summed E-state index contributed by atoms with van der Waals surface area (Å²) in [5.74, 6) is 1.41. The van der Waals surface area contributed by atoms with Crippen LogP contribution in [0.4, 0.5) is 5.69 Å². The van der Waals surface area contributed by atoms with E-state index in [1.165, 1.54) is 0 Å². The fourth-order valence-corrected chi connectivity index (χ4v) is 4.82. The molecule has 0 bridgehead atoms. The first kappa shape index (κ1) is 20.8. The number of anilines is 1. The Morgan fingerprint density at radius 3 is 2.56 bits per heavy atom. The van der Waals surface area contributed by atoms with Crippen LogP contribution in [0.2, 0.25) is 0 Å². The van der Waals surface area contributed by atoms with Crippen molar-refractivity contribution in [2.75, 3.05) is 37.6 Å². The van der Waals surface area contributed by atoms with E-state index in [9.17, 15) is 9.59 Å². The fourth-order valence-electron chi connectivity index (χ4n) is 4.17. The number of rotatable bonds is 5. The summed E-state index contributed by atoms with van der Waals surface area (Å²) in [6.07, 6.45) is 2.58. The minimum Gasteiger partial charge on any atom is -0.338 e. The predicted molar refractivity (Wildman–Crippen MR) is 121 cm³/mol. The SMILES string of the molecule is O=C(c1ccc(N2CCCCC2=O)cc1)N1CCN(Cc2nc(-c3cccs3)no2)CC1. The van der Waals surface area contributed by atoms with Gasteiger partial charge in [-0.05, 0) is 48.6 Å². The van der Waals surface area contributed by atoms with Gasteiger partial charge >= 0.3 is 0 Å². The van der Waals surface area contributed by atoms with Crippen LogP contribution in [-0.2, 0) is 11.3 Å². The van der Waals surface area contributed by atoms with Crippen LogP contribution in [0, 0.1) is 0 Å². The van der Waals surface area contributed by atoms with Crippen molar-refractivity contribution in [1.29, 1.82) is 0 Å². The van der Waals surface area contributed by atoms with Crippen LogP contribution in [0.1, 0.15) is 35.5 Å². The van der Waals surface area contributed by atoms with Crippen molar-refractivity contribution in [3.63, 3.8) is 0 Å². The minimum absolute atomic E-state index is 0.0268. The molecule has 3 aromatic rings. The minimum atomic E-state index is 0.0268. The van der Waals surface area contributed by atoms with Crippen molar-refractivity contribution in [2.24, 2.45) is 0 Å². The van der Waals surface area contributed by atoms with E-state index in [1.54, 1.807) is 11.3 Å². The monoisotopic (exact) mass is 451 g/mol. The maximum Gasteiger partial charge on any atom is 0.253 e. The largest absolute Gasteiger partial charge is 0.338 e. The van der Waals surface area contributed by atoms with Crippen LogP contribution < -0.4 is 4.90 Å². The number of aromatic nitrogens is 2. The normalized spacial score (nSPS) is 17.7. The highest BCUT2D eigenvalue weighted by Crippen LogP contribution is 2.23. The van der Waals surface area contributed by atoms with Crippen LogP contribution in [-0.4, -0.2) is 64.5 Å². The van der Waals surface area contributed by atoms with Gasteiger partial charge < -0.3 is 14.3 Å². The molecule has 0 N–H and O–H groups in total. The van der Waals surface area contributed by atoms with Crippen molar-refractivity contribution in [3.05, 3.63) is 53.2 Å². The highest BCUT2D eigenvalue weighted by atomic mass is 32.1. The summed E-state index contributed by atoms with van der Waals surface area (Å²) in [6.45, 7) is 4.14. The molecule has 0 atom stereocenters. The Balaban J connectivity index is 1.15. The molecule has 2 aliphatic heterocycles. The van der Waals surface area contributed by atoms with Gasteiger partial charge in [-0.1, -0.05) is 11.2 Å². The number of piperazine rings is 1. The van der Waals surface area contributed by atoms with Crippen molar-refractivity contribution >= 4 is 28.8 Å². The van der Waals surface area contributed by atoms with E-state index in [2.05, 4.69) is 15.0 Å². The number of carbonyl (C=O) groups excluding carboxylic acids is 2. The van der Waals surface area contributed by atoms with Gasteiger partial charge in [0, 0.05) is 50.4 Å². The zero-order chi connectivity index (χ0) is 21.9. The molecule has 2 saturated heterocycles. The average Bonchev–Trinajstić information content (AvgIpc) is 3.52. The maximum atomic E-state index is 12.9. The molecule has 0 unspecified atom stereocenters. The molecule has 32 heavy (non-hydrogen) atoms. The Bertz CT molecular complexity index is 1070. The number of hydrogen-bond donors (Lipinski definition) is 0. The Morgan fingerprint density at radius 2 is 1.84 bits per heavy atom. The van der Waals surface area contributed by atoms with Gasteiger partial charge in [0.2, 0.25) is 17.6 Å². The first-order valence-electron chi connectivity index (χ1n) is 11.0. The van der Waals surface area contributed by atoms with Crippen LogP contribution in [0.25, 0.3) is 10.7 Å². The summed E-state index contributed by atoms with van der Waals surface area (Å²) >= 11 is 1.58. The third-order valence-electron chi connectivity index (χ3n) is 5.98. The number of nitrogens with zero attached hydrogens (tertiary/aromatic N) is 5. The van der Waals surface area contributed by atoms with Crippen LogP contribution in [0.5, 0.6) is 0 Å². The molecule has 0 radical (unpaired) electrons. The van der Waals surface area contributed by atoms with E-state index in [0.717, 1.165) is 43.0 Å². The third-order valence-corrected chi connectivity index (χ3v) is 6.84. The molecule has 2 aliphatic rings. The summed E-state index contributed by atoms with van der Waals surface area (Å²) < 4.78 is 5.40. The lowest BCUT2D eigenvalue weighted by Crippen LogP contribution is -2.48. The number of benzene rings is 1. The van der Waals surface area contributed by atoms with Crippen molar-refractivity contribution in [2.45, 2.75) is 25.8 Å². The maximum absolute atomic E-state index is 12.9. The number of piperidine rings is 1. The van der Waals surface area contributed by atoms with Gasteiger partial charge in [-0.2, -0.15) is 4.98 Å². The number of thiophene rings is 1. The Kier molecular flexibility index (Phi) is 6.00. The quantitative estimate of drug-likeness (QED) is 0.592.